The standard InChI is InChI=1S/C7H8N2O2S/c1-5(7(10)11)12-6-4-8-2-3-9-6/h2-5H,1H3,(H,10,11)/t5-/m0/s1. The van der Waals surface area contributed by atoms with Crippen LogP contribution in [0.3, 0.4) is 0 Å². The molecule has 0 amide bonds. The molecule has 0 radical (unpaired) electrons. The molecule has 1 aromatic rings. The highest BCUT2D eigenvalue weighted by molar-refractivity contribution is 8.00. The van der Waals surface area contributed by atoms with Crippen molar-refractivity contribution in [1.29, 1.82) is 0 Å². The lowest BCUT2D eigenvalue weighted by Gasteiger charge is -2.02. The molecule has 0 fully saturated rings. The van der Waals surface area contributed by atoms with E-state index in [0.29, 0.717) is 5.03 Å². The lowest BCUT2D eigenvalue weighted by Crippen LogP contribution is -2.11. The van der Waals surface area contributed by atoms with Crippen LogP contribution in [0.1, 0.15) is 6.92 Å². The van der Waals surface area contributed by atoms with Gasteiger partial charge in [0.25, 0.3) is 0 Å². The van der Waals surface area contributed by atoms with E-state index >= 15 is 0 Å². The Kier molecular flexibility index (Phi) is 3.04. The van der Waals surface area contributed by atoms with Crippen LogP contribution < -0.4 is 0 Å². The largest absolute Gasteiger partial charge is 0.480 e. The SMILES string of the molecule is C[C@H](Sc1cnccn1)C(=O)O. The van der Waals surface area contributed by atoms with Crippen LogP contribution in [0.2, 0.25) is 0 Å². The Balaban J connectivity index is 2.58. The van der Waals surface area contributed by atoms with E-state index in [2.05, 4.69) is 9.97 Å². The Morgan fingerprint density at radius 2 is 2.42 bits per heavy atom. The highest BCUT2D eigenvalue weighted by Gasteiger charge is 2.12. The second kappa shape index (κ2) is 4.06. The van der Waals surface area contributed by atoms with Gasteiger partial charge in [-0.05, 0) is 6.92 Å². The lowest BCUT2D eigenvalue weighted by atomic mass is 10.5. The fraction of sp³-hybridized carbons (Fsp3) is 0.286. The van der Waals surface area contributed by atoms with E-state index in [1.165, 1.54) is 18.0 Å². The molecule has 0 saturated carbocycles. The van der Waals surface area contributed by atoms with E-state index < -0.39 is 11.2 Å². The second-order valence-electron chi connectivity index (χ2n) is 2.14. The van der Waals surface area contributed by atoms with Gasteiger partial charge in [0.1, 0.15) is 10.3 Å². The van der Waals surface area contributed by atoms with Gasteiger partial charge in [0.05, 0.1) is 6.20 Å². The van der Waals surface area contributed by atoms with Crippen molar-refractivity contribution in [2.45, 2.75) is 17.2 Å². The first-order valence-electron chi connectivity index (χ1n) is 3.35. The number of nitrogens with zero attached hydrogens (tertiary/aromatic N) is 2. The summed E-state index contributed by atoms with van der Waals surface area (Å²) >= 11 is 1.18. The van der Waals surface area contributed by atoms with Gasteiger partial charge in [-0.25, -0.2) is 4.98 Å². The second-order valence-corrected chi connectivity index (χ2v) is 3.50. The van der Waals surface area contributed by atoms with Crippen LogP contribution in [0.25, 0.3) is 0 Å². The number of aromatic nitrogens is 2. The van der Waals surface area contributed by atoms with Crippen molar-refractivity contribution in [1.82, 2.24) is 9.97 Å². The van der Waals surface area contributed by atoms with Crippen molar-refractivity contribution in [3.8, 4) is 0 Å². The van der Waals surface area contributed by atoms with Gasteiger partial charge >= 0.3 is 5.97 Å². The number of thioether (sulfide) groups is 1. The van der Waals surface area contributed by atoms with Crippen molar-refractivity contribution in [2.24, 2.45) is 0 Å². The van der Waals surface area contributed by atoms with Gasteiger partial charge in [-0.2, -0.15) is 0 Å². The molecule has 0 aliphatic carbocycles. The van der Waals surface area contributed by atoms with Gasteiger partial charge < -0.3 is 5.11 Å². The molecule has 5 heteroatoms. The molecule has 1 rings (SSSR count). The normalized spacial score (nSPS) is 12.4. The zero-order valence-corrected chi connectivity index (χ0v) is 7.28. The summed E-state index contributed by atoms with van der Waals surface area (Å²) < 4.78 is 0. The summed E-state index contributed by atoms with van der Waals surface area (Å²) in [7, 11) is 0. The lowest BCUT2D eigenvalue weighted by molar-refractivity contribution is -0.136. The summed E-state index contributed by atoms with van der Waals surface area (Å²) in [4.78, 5) is 18.2. The minimum absolute atomic E-state index is 0.485. The Labute approximate surface area is 74.0 Å². The van der Waals surface area contributed by atoms with Crippen LogP contribution in [0, 0.1) is 0 Å². The van der Waals surface area contributed by atoms with E-state index in [4.69, 9.17) is 5.11 Å². The number of hydrogen-bond donors (Lipinski definition) is 1. The number of rotatable bonds is 3. The molecule has 64 valence electrons. The van der Waals surface area contributed by atoms with Crippen LogP contribution >= 0.6 is 11.8 Å². The van der Waals surface area contributed by atoms with Gasteiger partial charge in [-0.1, -0.05) is 11.8 Å². The third kappa shape index (κ3) is 2.50. The van der Waals surface area contributed by atoms with E-state index in [1.807, 2.05) is 0 Å². The number of carboxylic acids is 1. The predicted molar refractivity (Wildman–Crippen MR) is 45.0 cm³/mol. The third-order valence-electron chi connectivity index (χ3n) is 1.18. The average molecular weight is 184 g/mol. The van der Waals surface area contributed by atoms with E-state index in [-0.39, 0.29) is 0 Å². The monoisotopic (exact) mass is 184 g/mol. The van der Waals surface area contributed by atoms with Gasteiger partial charge in [0.15, 0.2) is 0 Å². The summed E-state index contributed by atoms with van der Waals surface area (Å²) in [6.07, 6.45) is 4.64. The van der Waals surface area contributed by atoms with Crippen molar-refractivity contribution in [2.75, 3.05) is 0 Å². The molecule has 1 heterocycles. The maximum absolute atomic E-state index is 10.4. The Morgan fingerprint density at radius 1 is 1.67 bits per heavy atom. The molecule has 12 heavy (non-hydrogen) atoms. The Morgan fingerprint density at radius 3 is 2.92 bits per heavy atom. The molecule has 0 aromatic carbocycles. The zero-order chi connectivity index (χ0) is 8.97. The molecule has 0 bridgehead atoms. The van der Waals surface area contributed by atoms with Gasteiger partial charge in [0.2, 0.25) is 0 Å². The summed E-state index contributed by atoms with van der Waals surface area (Å²) in [5.41, 5.74) is 0. The van der Waals surface area contributed by atoms with Crippen molar-refractivity contribution in [3.63, 3.8) is 0 Å². The van der Waals surface area contributed by atoms with Crippen LogP contribution in [0.4, 0.5) is 0 Å². The third-order valence-corrected chi connectivity index (χ3v) is 2.19. The van der Waals surface area contributed by atoms with E-state index in [0.717, 1.165) is 0 Å². The number of carbonyl (C=O) groups is 1. The fourth-order valence-corrected chi connectivity index (χ4v) is 1.28. The first-order chi connectivity index (χ1) is 5.70. The average Bonchev–Trinajstić information content (AvgIpc) is 2.06. The molecular weight excluding hydrogens is 176 g/mol. The van der Waals surface area contributed by atoms with Crippen molar-refractivity contribution in [3.05, 3.63) is 18.6 Å². The molecule has 0 aliphatic rings. The predicted octanol–water partition coefficient (Wildman–Crippen LogP) is 1.04. The summed E-state index contributed by atoms with van der Waals surface area (Å²) in [6.45, 7) is 1.61. The topological polar surface area (TPSA) is 63.1 Å². The minimum Gasteiger partial charge on any atom is -0.480 e. The maximum Gasteiger partial charge on any atom is 0.316 e. The first kappa shape index (κ1) is 8.99. The number of hydrogen-bond acceptors (Lipinski definition) is 4. The fourth-order valence-electron chi connectivity index (χ4n) is 0.578. The number of aliphatic carboxylic acids is 1. The Hall–Kier alpha value is -1.10. The molecular formula is C7H8N2O2S. The zero-order valence-electron chi connectivity index (χ0n) is 6.47. The minimum atomic E-state index is -0.842. The van der Waals surface area contributed by atoms with E-state index in [9.17, 15) is 4.79 Å². The highest BCUT2D eigenvalue weighted by atomic mass is 32.2. The molecule has 1 aromatic heterocycles. The van der Waals surface area contributed by atoms with Gasteiger partial charge in [-0.15, -0.1) is 0 Å². The molecule has 0 aliphatic heterocycles. The molecule has 0 spiro atoms. The van der Waals surface area contributed by atoms with Crippen molar-refractivity contribution >= 4 is 17.7 Å². The smallest absolute Gasteiger partial charge is 0.316 e. The summed E-state index contributed by atoms with van der Waals surface area (Å²) in [5, 5.41) is 8.72. The highest BCUT2D eigenvalue weighted by Crippen LogP contribution is 2.19. The van der Waals surface area contributed by atoms with Gasteiger partial charge in [0, 0.05) is 12.4 Å². The molecule has 0 unspecified atom stereocenters. The molecule has 0 saturated heterocycles. The molecule has 4 nitrogen and oxygen atoms in total. The van der Waals surface area contributed by atoms with Crippen LogP contribution in [0.5, 0.6) is 0 Å². The molecule has 1 atom stereocenters. The van der Waals surface area contributed by atoms with Crippen LogP contribution in [0.15, 0.2) is 23.6 Å². The first-order valence-corrected chi connectivity index (χ1v) is 4.23. The van der Waals surface area contributed by atoms with Crippen molar-refractivity contribution < 1.29 is 9.90 Å². The van der Waals surface area contributed by atoms with Gasteiger partial charge in [-0.3, -0.25) is 9.78 Å². The Bertz CT molecular complexity index is 265. The summed E-state index contributed by atoms with van der Waals surface area (Å²) in [6, 6.07) is 0. The van der Waals surface area contributed by atoms with E-state index in [1.54, 1.807) is 19.3 Å². The molecule has 1 N–H and O–H groups in total. The van der Waals surface area contributed by atoms with Crippen LogP contribution in [-0.2, 0) is 4.79 Å². The summed E-state index contributed by atoms with van der Waals surface area (Å²) in [5.74, 6) is -0.842. The quantitative estimate of drug-likeness (QED) is 0.711. The number of carboxylic acid groups (broad SMARTS) is 1. The maximum atomic E-state index is 10.4. The van der Waals surface area contributed by atoms with Crippen LogP contribution in [-0.4, -0.2) is 26.3 Å².